The summed E-state index contributed by atoms with van der Waals surface area (Å²) in [6.07, 6.45) is 0. The third-order valence-corrected chi connectivity index (χ3v) is 4.83. The summed E-state index contributed by atoms with van der Waals surface area (Å²) in [6.45, 7) is 6.57. The van der Waals surface area contributed by atoms with Crippen molar-refractivity contribution >= 4 is 11.3 Å². The largest absolute Gasteiger partial charge is 0.240 e. The van der Waals surface area contributed by atoms with Gasteiger partial charge in [-0.2, -0.15) is 4.57 Å². The number of thiazole rings is 1. The van der Waals surface area contributed by atoms with Crippen molar-refractivity contribution in [2.24, 2.45) is 0 Å². The first kappa shape index (κ1) is 13.1. The number of aryl methyl sites for hydroxylation is 2. The lowest BCUT2D eigenvalue weighted by molar-refractivity contribution is -0.603. The molecule has 0 amide bonds. The molecule has 3 rings (SSSR count). The minimum absolute atomic E-state index is 1.28. The molecule has 0 saturated heterocycles. The van der Waals surface area contributed by atoms with Crippen molar-refractivity contribution in [1.29, 1.82) is 0 Å². The van der Waals surface area contributed by atoms with E-state index in [2.05, 4.69) is 79.9 Å². The summed E-state index contributed by atoms with van der Waals surface area (Å²) in [5.74, 6) is 0. The highest BCUT2D eigenvalue weighted by molar-refractivity contribution is 7.14. The molecule has 1 nitrogen and oxygen atoms in total. The topological polar surface area (TPSA) is 3.88 Å². The molecule has 0 spiro atoms. The van der Waals surface area contributed by atoms with Crippen molar-refractivity contribution < 1.29 is 4.57 Å². The second-order valence-electron chi connectivity index (χ2n) is 5.02. The average Bonchev–Trinajstić information content (AvgIpc) is 2.76. The Balaban J connectivity index is 2.20. The van der Waals surface area contributed by atoms with Crippen molar-refractivity contribution in [1.82, 2.24) is 0 Å². The molecule has 0 aliphatic rings. The summed E-state index contributed by atoms with van der Waals surface area (Å²) in [5, 5.41) is 1.32. The summed E-state index contributed by atoms with van der Waals surface area (Å²) in [7, 11) is 0. The van der Waals surface area contributed by atoms with Crippen LogP contribution >= 0.6 is 11.3 Å². The summed E-state index contributed by atoms with van der Waals surface area (Å²) >= 11 is 1.86. The first-order chi connectivity index (χ1) is 9.68. The molecule has 0 N–H and O–H groups in total. The highest BCUT2D eigenvalue weighted by Gasteiger charge is 2.24. The number of rotatable bonds is 2. The maximum absolute atomic E-state index is 2.36. The van der Waals surface area contributed by atoms with Crippen LogP contribution in [0.2, 0.25) is 0 Å². The van der Waals surface area contributed by atoms with Gasteiger partial charge in [-0.05, 0) is 12.5 Å². The van der Waals surface area contributed by atoms with Crippen LogP contribution in [0.15, 0.2) is 54.6 Å². The molecule has 20 heavy (non-hydrogen) atoms. The number of hydrogen-bond acceptors (Lipinski definition) is 1. The van der Waals surface area contributed by atoms with Gasteiger partial charge in [-0.1, -0.05) is 59.9 Å². The monoisotopic (exact) mass is 280 g/mol. The molecular formula is C18H18NS+. The van der Waals surface area contributed by atoms with Crippen molar-refractivity contribution in [3.05, 3.63) is 70.9 Å². The Morgan fingerprint density at radius 3 is 2.15 bits per heavy atom. The molecule has 0 saturated carbocycles. The first-order valence-corrected chi connectivity index (χ1v) is 7.63. The standard InChI is InChI=1S/C18H18NS/c1-13-9-7-8-12-17(13)19-14(2)18(20-15(19)3)16-10-5-4-6-11-16/h4-12H,1-3H3/q+1. The van der Waals surface area contributed by atoms with Crippen molar-refractivity contribution in [2.45, 2.75) is 20.8 Å². The van der Waals surface area contributed by atoms with Crippen LogP contribution in [0.25, 0.3) is 16.1 Å². The van der Waals surface area contributed by atoms with Crippen LogP contribution in [0.3, 0.4) is 0 Å². The fraction of sp³-hybridized carbons (Fsp3) is 0.167. The molecular weight excluding hydrogens is 262 g/mol. The Morgan fingerprint density at radius 1 is 0.800 bits per heavy atom. The number of hydrogen-bond donors (Lipinski definition) is 0. The van der Waals surface area contributed by atoms with E-state index < -0.39 is 0 Å². The molecule has 0 unspecified atom stereocenters. The van der Waals surface area contributed by atoms with Crippen LogP contribution in [0.1, 0.15) is 16.3 Å². The molecule has 0 fully saturated rings. The zero-order valence-corrected chi connectivity index (χ0v) is 12.9. The van der Waals surface area contributed by atoms with Crippen LogP contribution < -0.4 is 4.57 Å². The van der Waals surface area contributed by atoms with E-state index in [1.165, 1.54) is 32.4 Å². The van der Waals surface area contributed by atoms with Crippen LogP contribution in [-0.2, 0) is 0 Å². The Morgan fingerprint density at radius 2 is 1.45 bits per heavy atom. The molecule has 0 bridgehead atoms. The van der Waals surface area contributed by atoms with Gasteiger partial charge in [0, 0.05) is 25.5 Å². The quantitative estimate of drug-likeness (QED) is 0.603. The van der Waals surface area contributed by atoms with Gasteiger partial charge < -0.3 is 0 Å². The molecule has 0 radical (unpaired) electrons. The van der Waals surface area contributed by atoms with Gasteiger partial charge in [-0.3, -0.25) is 0 Å². The fourth-order valence-corrected chi connectivity index (χ4v) is 3.74. The minimum atomic E-state index is 1.28. The lowest BCUT2D eigenvalue weighted by Crippen LogP contribution is -2.35. The predicted octanol–water partition coefficient (Wildman–Crippen LogP) is 4.62. The van der Waals surface area contributed by atoms with E-state index in [9.17, 15) is 0 Å². The zero-order chi connectivity index (χ0) is 14.1. The van der Waals surface area contributed by atoms with E-state index in [1.807, 2.05) is 11.3 Å². The third kappa shape index (κ3) is 2.16. The van der Waals surface area contributed by atoms with E-state index in [1.54, 1.807) is 0 Å². The third-order valence-electron chi connectivity index (χ3n) is 3.62. The summed E-state index contributed by atoms with van der Waals surface area (Å²) in [6, 6.07) is 19.2. The van der Waals surface area contributed by atoms with E-state index in [0.717, 1.165) is 0 Å². The van der Waals surface area contributed by atoms with Gasteiger partial charge in [0.1, 0.15) is 4.88 Å². The molecule has 1 aromatic heterocycles. The molecule has 3 aromatic rings. The van der Waals surface area contributed by atoms with Gasteiger partial charge in [0.15, 0.2) is 0 Å². The molecule has 100 valence electrons. The Hall–Kier alpha value is -1.93. The zero-order valence-electron chi connectivity index (χ0n) is 12.1. The van der Waals surface area contributed by atoms with Crippen molar-refractivity contribution in [3.8, 4) is 16.1 Å². The fourth-order valence-electron chi connectivity index (χ4n) is 2.63. The normalized spacial score (nSPS) is 10.8. The van der Waals surface area contributed by atoms with Gasteiger partial charge >= 0.3 is 0 Å². The maximum Gasteiger partial charge on any atom is 0.240 e. The SMILES string of the molecule is Cc1ccccc1-[n+]1c(C)sc(-c2ccccc2)c1C. The van der Waals surface area contributed by atoms with Crippen LogP contribution in [0.4, 0.5) is 0 Å². The number of aromatic nitrogens is 1. The van der Waals surface area contributed by atoms with E-state index in [-0.39, 0.29) is 0 Å². The van der Waals surface area contributed by atoms with Crippen LogP contribution in [0.5, 0.6) is 0 Å². The lowest BCUT2D eigenvalue weighted by Gasteiger charge is -2.01. The van der Waals surface area contributed by atoms with Gasteiger partial charge in [-0.25, -0.2) is 0 Å². The van der Waals surface area contributed by atoms with Gasteiger partial charge in [0.25, 0.3) is 0 Å². The van der Waals surface area contributed by atoms with E-state index in [4.69, 9.17) is 0 Å². The summed E-state index contributed by atoms with van der Waals surface area (Å²) < 4.78 is 2.36. The second kappa shape index (κ2) is 5.22. The lowest BCUT2D eigenvalue weighted by atomic mass is 10.1. The van der Waals surface area contributed by atoms with Crippen LogP contribution in [-0.4, -0.2) is 0 Å². The molecule has 2 heteroatoms. The van der Waals surface area contributed by atoms with E-state index in [0.29, 0.717) is 0 Å². The highest BCUT2D eigenvalue weighted by atomic mass is 32.1. The van der Waals surface area contributed by atoms with Gasteiger partial charge in [0.05, 0.1) is 0 Å². The van der Waals surface area contributed by atoms with Crippen molar-refractivity contribution in [2.75, 3.05) is 0 Å². The summed E-state index contributed by atoms with van der Waals surface area (Å²) in [5.41, 5.74) is 5.19. The summed E-state index contributed by atoms with van der Waals surface area (Å²) in [4.78, 5) is 1.35. The minimum Gasteiger partial charge on any atom is -0.151 e. The average molecular weight is 280 g/mol. The number of para-hydroxylation sites is 1. The second-order valence-corrected chi connectivity index (χ2v) is 6.23. The van der Waals surface area contributed by atoms with Crippen LogP contribution in [0, 0.1) is 20.8 Å². The Kier molecular flexibility index (Phi) is 3.41. The predicted molar refractivity (Wildman–Crippen MR) is 85.5 cm³/mol. The Labute approximate surface area is 124 Å². The first-order valence-electron chi connectivity index (χ1n) is 6.82. The highest BCUT2D eigenvalue weighted by Crippen LogP contribution is 2.29. The molecule has 1 heterocycles. The molecule has 0 aliphatic carbocycles. The number of nitrogens with zero attached hydrogens (tertiary/aromatic N) is 1. The van der Waals surface area contributed by atoms with Crippen molar-refractivity contribution in [3.63, 3.8) is 0 Å². The molecule has 0 atom stereocenters. The smallest absolute Gasteiger partial charge is 0.151 e. The van der Waals surface area contributed by atoms with Gasteiger partial charge in [-0.15, -0.1) is 0 Å². The number of benzene rings is 2. The molecule has 2 aromatic carbocycles. The van der Waals surface area contributed by atoms with Gasteiger partial charge in [0.2, 0.25) is 16.4 Å². The van der Waals surface area contributed by atoms with E-state index >= 15 is 0 Å². The molecule has 0 aliphatic heterocycles. The maximum atomic E-state index is 2.36. The Bertz CT molecular complexity index is 741.